The lowest BCUT2D eigenvalue weighted by atomic mass is 9.99. The first-order chi connectivity index (χ1) is 14.3. The third-order valence-electron chi connectivity index (χ3n) is 6.08. The van der Waals surface area contributed by atoms with E-state index < -0.39 is 10.0 Å². The van der Waals surface area contributed by atoms with Crippen molar-refractivity contribution in [2.75, 3.05) is 49.1 Å². The molecule has 4 heterocycles. The maximum absolute atomic E-state index is 12.9. The molecule has 2 saturated heterocycles. The molecular weight excluding hydrogens is 402 g/mol. The van der Waals surface area contributed by atoms with Crippen LogP contribution in [0.5, 0.6) is 0 Å². The van der Waals surface area contributed by atoms with Gasteiger partial charge in [-0.25, -0.2) is 13.4 Å². The van der Waals surface area contributed by atoms with Crippen LogP contribution in [0.2, 0.25) is 0 Å². The van der Waals surface area contributed by atoms with Crippen LogP contribution >= 0.6 is 0 Å². The van der Waals surface area contributed by atoms with E-state index in [0.717, 1.165) is 30.6 Å². The number of piperidine rings is 1. The number of piperazine rings is 1. The van der Waals surface area contributed by atoms with Gasteiger partial charge in [0.1, 0.15) is 0 Å². The summed E-state index contributed by atoms with van der Waals surface area (Å²) >= 11 is 0. The Hall–Kier alpha value is -2.20. The van der Waals surface area contributed by atoms with Crippen molar-refractivity contribution in [1.82, 2.24) is 24.1 Å². The standard InChI is InChI=1S/C20H31N7O2S/c1-16(2)26-14-20(21-15-26)30(28,29)27-12-10-25(11-13-27)19-5-4-18(22-23-19)24-8-6-17(3)7-9-24/h4-5,14-17H,6-13H2,1-3H3. The number of aromatic nitrogens is 4. The number of hydrogen-bond acceptors (Lipinski definition) is 7. The molecule has 2 fully saturated rings. The second-order valence-electron chi connectivity index (χ2n) is 8.56. The van der Waals surface area contributed by atoms with Gasteiger partial charge in [-0.2, -0.15) is 4.31 Å². The van der Waals surface area contributed by atoms with Gasteiger partial charge >= 0.3 is 0 Å². The Labute approximate surface area is 178 Å². The molecule has 0 N–H and O–H groups in total. The summed E-state index contributed by atoms with van der Waals surface area (Å²) in [6.45, 7) is 10.3. The summed E-state index contributed by atoms with van der Waals surface area (Å²) in [5, 5.41) is 8.96. The molecule has 2 aromatic rings. The first-order valence-corrected chi connectivity index (χ1v) is 12.2. The van der Waals surface area contributed by atoms with Crippen LogP contribution in [-0.2, 0) is 10.0 Å². The highest BCUT2D eigenvalue weighted by atomic mass is 32.2. The van der Waals surface area contributed by atoms with E-state index in [0.29, 0.717) is 26.2 Å². The molecular formula is C20H31N7O2S. The van der Waals surface area contributed by atoms with E-state index in [-0.39, 0.29) is 11.1 Å². The molecule has 2 aliphatic rings. The van der Waals surface area contributed by atoms with Crippen LogP contribution < -0.4 is 9.80 Å². The van der Waals surface area contributed by atoms with E-state index >= 15 is 0 Å². The third kappa shape index (κ3) is 4.29. The van der Waals surface area contributed by atoms with Crippen LogP contribution in [0.25, 0.3) is 0 Å². The summed E-state index contributed by atoms with van der Waals surface area (Å²) in [6.07, 6.45) is 5.57. The lowest BCUT2D eigenvalue weighted by Crippen LogP contribution is -2.49. The molecule has 4 rings (SSSR count). The minimum Gasteiger partial charge on any atom is -0.355 e. The predicted octanol–water partition coefficient (Wildman–Crippen LogP) is 2.00. The fourth-order valence-electron chi connectivity index (χ4n) is 3.92. The van der Waals surface area contributed by atoms with E-state index in [1.54, 1.807) is 12.5 Å². The molecule has 0 atom stereocenters. The maximum atomic E-state index is 12.9. The van der Waals surface area contributed by atoms with Crippen molar-refractivity contribution in [2.24, 2.45) is 5.92 Å². The Morgan fingerprint density at radius 2 is 1.50 bits per heavy atom. The molecule has 2 aliphatic heterocycles. The second kappa shape index (κ2) is 8.50. The van der Waals surface area contributed by atoms with Gasteiger partial charge in [0.25, 0.3) is 10.0 Å². The fourth-order valence-corrected chi connectivity index (χ4v) is 5.26. The second-order valence-corrected chi connectivity index (χ2v) is 10.4. The minimum atomic E-state index is -3.57. The zero-order valence-electron chi connectivity index (χ0n) is 18.0. The molecule has 10 heteroatoms. The van der Waals surface area contributed by atoms with Gasteiger partial charge in [0.15, 0.2) is 16.7 Å². The van der Waals surface area contributed by atoms with Crippen molar-refractivity contribution in [3.05, 3.63) is 24.7 Å². The maximum Gasteiger partial charge on any atom is 0.262 e. The molecule has 164 valence electrons. The Morgan fingerprint density at radius 3 is 2.00 bits per heavy atom. The van der Waals surface area contributed by atoms with Crippen molar-refractivity contribution >= 4 is 21.7 Å². The van der Waals surface area contributed by atoms with E-state index in [1.807, 2.05) is 30.5 Å². The fraction of sp³-hybridized carbons (Fsp3) is 0.650. The summed E-state index contributed by atoms with van der Waals surface area (Å²) in [4.78, 5) is 8.49. The summed E-state index contributed by atoms with van der Waals surface area (Å²) in [7, 11) is -3.57. The largest absolute Gasteiger partial charge is 0.355 e. The number of hydrogen-bond donors (Lipinski definition) is 0. The first kappa shape index (κ1) is 21.0. The highest BCUT2D eigenvalue weighted by Crippen LogP contribution is 2.23. The van der Waals surface area contributed by atoms with Crippen molar-refractivity contribution in [3.8, 4) is 0 Å². The van der Waals surface area contributed by atoms with Crippen LogP contribution in [0.3, 0.4) is 0 Å². The quantitative estimate of drug-likeness (QED) is 0.713. The number of anilines is 2. The average Bonchev–Trinajstić information content (AvgIpc) is 3.26. The van der Waals surface area contributed by atoms with Crippen LogP contribution in [-0.4, -0.2) is 71.7 Å². The van der Waals surface area contributed by atoms with E-state index in [1.165, 1.54) is 17.1 Å². The zero-order chi connectivity index (χ0) is 21.3. The normalized spacial score (nSPS) is 19.6. The molecule has 0 aliphatic carbocycles. The van der Waals surface area contributed by atoms with Crippen LogP contribution in [0.4, 0.5) is 11.6 Å². The summed E-state index contributed by atoms with van der Waals surface area (Å²) in [6, 6.07) is 4.20. The van der Waals surface area contributed by atoms with Gasteiger partial charge in [0, 0.05) is 51.5 Å². The van der Waals surface area contributed by atoms with E-state index in [9.17, 15) is 8.42 Å². The van der Waals surface area contributed by atoms with Gasteiger partial charge in [0.2, 0.25) is 0 Å². The van der Waals surface area contributed by atoms with Crippen LogP contribution in [0.15, 0.2) is 29.7 Å². The molecule has 9 nitrogen and oxygen atoms in total. The average molecular weight is 434 g/mol. The molecule has 2 aromatic heterocycles. The molecule has 0 aromatic carbocycles. The monoisotopic (exact) mass is 433 g/mol. The van der Waals surface area contributed by atoms with E-state index in [4.69, 9.17) is 0 Å². The summed E-state index contributed by atoms with van der Waals surface area (Å²) in [5.41, 5.74) is 0. The Balaban J connectivity index is 1.37. The van der Waals surface area contributed by atoms with Gasteiger partial charge in [0.05, 0.1) is 6.33 Å². The van der Waals surface area contributed by atoms with Crippen molar-refractivity contribution in [2.45, 2.75) is 44.7 Å². The number of rotatable bonds is 5. The predicted molar refractivity (Wildman–Crippen MR) is 116 cm³/mol. The van der Waals surface area contributed by atoms with Gasteiger partial charge < -0.3 is 14.4 Å². The van der Waals surface area contributed by atoms with Gasteiger partial charge in [-0.3, -0.25) is 0 Å². The lowest BCUT2D eigenvalue weighted by Gasteiger charge is -2.34. The smallest absolute Gasteiger partial charge is 0.262 e. The first-order valence-electron chi connectivity index (χ1n) is 10.7. The Kier molecular flexibility index (Phi) is 5.97. The molecule has 30 heavy (non-hydrogen) atoms. The molecule has 0 unspecified atom stereocenters. The number of imidazole rings is 1. The SMILES string of the molecule is CC1CCN(c2ccc(N3CCN(S(=O)(=O)c4cn(C(C)C)cn4)CC3)nn2)CC1. The molecule has 0 bridgehead atoms. The van der Waals surface area contributed by atoms with Gasteiger partial charge in [-0.15, -0.1) is 10.2 Å². The van der Waals surface area contributed by atoms with Crippen molar-refractivity contribution in [1.29, 1.82) is 0 Å². The van der Waals surface area contributed by atoms with Crippen LogP contribution in [0.1, 0.15) is 39.7 Å². The van der Waals surface area contributed by atoms with E-state index in [2.05, 4.69) is 31.9 Å². The third-order valence-corrected chi connectivity index (χ3v) is 7.87. The Bertz CT molecular complexity index is 942. The number of nitrogens with zero attached hydrogens (tertiary/aromatic N) is 7. The number of sulfonamides is 1. The Morgan fingerprint density at radius 1 is 0.933 bits per heavy atom. The highest BCUT2D eigenvalue weighted by molar-refractivity contribution is 7.89. The van der Waals surface area contributed by atoms with Crippen LogP contribution in [0, 0.1) is 5.92 Å². The molecule has 0 saturated carbocycles. The molecule has 0 spiro atoms. The molecule has 0 radical (unpaired) electrons. The zero-order valence-corrected chi connectivity index (χ0v) is 18.8. The van der Waals surface area contributed by atoms with Crippen molar-refractivity contribution in [3.63, 3.8) is 0 Å². The van der Waals surface area contributed by atoms with Gasteiger partial charge in [-0.1, -0.05) is 6.92 Å². The summed E-state index contributed by atoms with van der Waals surface area (Å²) < 4.78 is 29.1. The van der Waals surface area contributed by atoms with Gasteiger partial charge in [-0.05, 0) is 44.7 Å². The summed E-state index contributed by atoms with van der Waals surface area (Å²) in [5.74, 6) is 2.50. The highest BCUT2D eigenvalue weighted by Gasteiger charge is 2.31. The molecule has 0 amide bonds. The topological polar surface area (TPSA) is 87.5 Å². The van der Waals surface area contributed by atoms with Crippen molar-refractivity contribution < 1.29 is 8.42 Å². The minimum absolute atomic E-state index is 0.115. The lowest BCUT2D eigenvalue weighted by molar-refractivity contribution is 0.382.